The lowest BCUT2D eigenvalue weighted by molar-refractivity contribution is -0.122. The number of amides is 1. The summed E-state index contributed by atoms with van der Waals surface area (Å²) < 4.78 is 39.5. The minimum absolute atomic E-state index is 0.00974. The summed E-state index contributed by atoms with van der Waals surface area (Å²) in [6.45, 7) is 19.5. The smallest absolute Gasteiger partial charge is 0.225 e. The van der Waals surface area contributed by atoms with Gasteiger partial charge in [0.05, 0.1) is 28.3 Å². The monoisotopic (exact) mass is 962 g/mol. The third kappa shape index (κ3) is 12.1. The second-order valence-electron chi connectivity index (χ2n) is 19.4. The molecule has 0 spiro atoms. The zero-order valence-corrected chi connectivity index (χ0v) is 42.9. The molecular weight excluding hydrogens is 897 g/mol. The number of sulfone groups is 1. The van der Waals surface area contributed by atoms with Gasteiger partial charge in [-0.2, -0.15) is 0 Å². The first-order chi connectivity index (χ1) is 33.1. The number of carbonyl (C=O) groups is 4. The molecule has 0 radical (unpaired) electrons. The Labute approximate surface area is 414 Å². The van der Waals surface area contributed by atoms with Crippen molar-refractivity contribution >= 4 is 38.8 Å². The summed E-state index contributed by atoms with van der Waals surface area (Å²) in [6, 6.07) is 38.7. The standard InChI is InChI=1S/C59H66N2O8S/c1-11-36-59(10,13-3)61-55(65)37-51-49(39(4)62)16-14-18-53(51)68-45-28-20-42(21-29-45)58(8,9)43-22-30-46(31-23-43)69-54-19-15-17-50(56(54)40(5)63)52(64)38-60-44-26-34-48(35-27-44)70(66,67)47-32-24-41(25-33-47)57(6,7)12-2/h14-35,60H,11-13,36-38H2,1-10H3,(H,61,65). The number of anilines is 1. The van der Waals surface area contributed by atoms with Gasteiger partial charge in [-0.1, -0.05) is 116 Å². The van der Waals surface area contributed by atoms with Crippen LogP contribution in [0.3, 0.4) is 0 Å². The van der Waals surface area contributed by atoms with Crippen LogP contribution in [0.1, 0.15) is 148 Å². The van der Waals surface area contributed by atoms with Gasteiger partial charge in [-0.25, -0.2) is 8.42 Å². The van der Waals surface area contributed by atoms with Crippen molar-refractivity contribution in [3.63, 3.8) is 0 Å². The summed E-state index contributed by atoms with van der Waals surface area (Å²) >= 11 is 0. The van der Waals surface area contributed by atoms with Gasteiger partial charge in [-0.15, -0.1) is 0 Å². The summed E-state index contributed by atoms with van der Waals surface area (Å²) in [5.74, 6) is 0.748. The summed E-state index contributed by atoms with van der Waals surface area (Å²) in [4.78, 5) is 53.1. The van der Waals surface area contributed by atoms with Crippen molar-refractivity contribution in [1.29, 1.82) is 0 Å². The molecule has 11 heteroatoms. The van der Waals surface area contributed by atoms with Gasteiger partial charge in [0.25, 0.3) is 0 Å². The lowest BCUT2D eigenvalue weighted by atomic mass is 9.78. The second-order valence-corrected chi connectivity index (χ2v) is 21.4. The highest BCUT2D eigenvalue weighted by molar-refractivity contribution is 7.91. The highest BCUT2D eigenvalue weighted by Crippen LogP contribution is 2.37. The third-order valence-corrected chi connectivity index (χ3v) is 15.4. The highest BCUT2D eigenvalue weighted by Gasteiger charge is 2.28. The van der Waals surface area contributed by atoms with E-state index in [0.717, 1.165) is 42.4 Å². The molecule has 0 fully saturated rings. The maximum absolute atomic E-state index is 13.6. The van der Waals surface area contributed by atoms with Crippen molar-refractivity contribution in [3.8, 4) is 23.0 Å². The van der Waals surface area contributed by atoms with Gasteiger partial charge in [0.2, 0.25) is 15.7 Å². The van der Waals surface area contributed by atoms with Gasteiger partial charge in [0.1, 0.15) is 23.0 Å². The first-order valence-corrected chi connectivity index (χ1v) is 25.5. The van der Waals surface area contributed by atoms with Crippen LogP contribution in [0, 0.1) is 0 Å². The molecule has 366 valence electrons. The molecule has 0 bridgehead atoms. The Bertz CT molecular complexity index is 2960. The van der Waals surface area contributed by atoms with Crippen LogP contribution in [-0.4, -0.2) is 43.8 Å². The number of rotatable bonds is 22. The van der Waals surface area contributed by atoms with Crippen molar-refractivity contribution < 1.29 is 37.1 Å². The topological polar surface area (TPSA) is 145 Å². The largest absolute Gasteiger partial charge is 0.457 e. The molecule has 1 unspecified atom stereocenters. The van der Waals surface area contributed by atoms with E-state index in [1.54, 1.807) is 60.7 Å². The average Bonchev–Trinajstić information content (AvgIpc) is 3.34. The number of carbonyl (C=O) groups excluding carboxylic acids is 4. The number of hydrogen-bond donors (Lipinski definition) is 2. The van der Waals surface area contributed by atoms with E-state index in [2.05, 4.69) is 59.1 Å². The summed E-state index contributed by atoms with van der Waals surface area (Å²) in [6.07, 6.45) is 3.51. The fraction of sp³-hybridized carbons (Fsp3) is 0.322. The molecule has 0 heterocycles. The number of Topliss-reactive ketones (excluding diaryl/α,β-unsaturated/α-hetero) is 3. The van der Waals surface area contributed by atoms with Crippen LogP contribution >= 0.6 is 0 Å². The Morgan fingerprint density at radius 1 is 0.571 bits per heavy atom. The van der Waals surface area contributed by atoms with Gasteiger partial charge >= 0.3 is 0 Å². The van der Waals surface area contributed by atoms with E-state index in [-0.39, 0.29) is 73.8 Å². The molecule has 0 saturated carbocycles. The van der Waals surface area contributed by atoms with E-state index in [9.17, 15) is 27.6 Å². The van der Waals surface area contributed by atoms with Crippen LogP contribution in [-0.2, 0) is 31.9 Å². The van der Waals surface area contributed by atoms with Gasteiger partial charge < -0.3 is 20.1 Å². The van der Waals surface area contributed by atoms with Gasteiger partial charge in [-0.3, -0.25) is 19.2 Å². The summed E-state index contributed by atoms with van der Waals surface area (Å²) in [5, 5.41) is 6.26. The van der Waals surface area contributed by atoms with E-state index in [4.69, 9.17) is 9.47 Å². The van der Waals surface area contributed by atoms with Crippen LogP contribution in [0.2, 0.25) is 0 Å². The fourth-order valence-electron chi connectivity index (χ4n) is 8.56. The molecule has 2 N–H and O–H groups in total. The molecule has 0 aliphatic rings. The molecule has 1 atom stereocenters. The number of benzene rings is 6. The van der Waals surface area contributed by atoms with Crippen molar-refractivity contribution in [2.24, 2.45) is 0 Å². The Kier molecular flexibility index (Phi) is 16.4. The molecule has 10 nitrogen and oxygen atoms in total. The molecular formula is C59H66N2O8S. The first kappa shape index (κ1) is 52.5. The average molecular weight is 963 g/mol. The Balaban J connectivity index is 1.11. The molecule has 0 aromatic heterocycles. The Morgan fingerprint density at radius 3 is 1.57 bits per heavy atom. The Morgan fingerprint density at radius 2 is 1.07 bits per heavy atom. The van der Waals surface area contributed by atoms with Crippen LogP contribution in [0.25, 0.3) is 0 Å². The van der Waals surface area contributed by atoms with E-state index < -0.39 is 15.3 Å². The predicted molar refractivity (Wildman–Crippen MR) is 278 cm³/mol. The van der Waals surface area contributed by atoms with Gasteiger partial charge in [0.15, 0.2) is 17.3 Å². The number of nitrogens with one attached hydrogen (secondary N) is 2. The molecule has 6 aromatic carbocycles. The van der Waals surface area contributed by atoms with Gasteiger partial charge in [0, 0.05) is 33.3 Å². The van der Waals surface area contributed by atoms with E-state index in [1.165, 1.54) is 26.0 Å². The lowest BCUT2D eigenvalue weighted by Crippen LogP contribution is -2.46. The van der Waals surface area contributed by atoms with Crippen molar-refractivity contribution in [2.75, 3.05) is 11.9 Å². The van der Waals surface area contributed by atoms with Crippen molar-refractivity contribution in [3.05, 3.63) is 172 Å². The minimum Gasteiger partial charge on any atom is -0.457 e. The van der Waals surface area contributed by atoms with Crippen molar-refractivity contribution in [2.45, 2.75) is 128 Å². The van der Waals surface area contributed by atoms with Crippen LogP contribution in [0.4, 0.5) is 5.69 Å². The second kappa shape index (κ2) is 21.8. The predicted octanol–water partition coefficient (Wildman–Crippen LogP) is 13.4. The van der Waals surface area contributed by atoms with Gasteiger partial charge in [-0.05, 0) is 135 Å². The SMILES string of the molecule is CCCC(C)(CC)NC(=O)Cc1c(Oc2ccc(C(C)(C)c3ccc(Oc4cccc(C(=O)CNc5ccc(S(=O)(=O)c6ccc(C(C)(C)CC)cc6)cc5)c4C(C)=O)cc3)cc2)cccc1C(C)=O. The van der Waals surface area contributed by atoms with Crippen LogP contribution in [0.5, 0.6) is 23.0 Å². The molecule has 1 amide bonds. The zero-order chi connectivity index (χ0) is 51.0. The normalized spacial score (nSPS) is 12.7. The molecule has 0 aliphatic carbocycles. The minimum atomic E-state index is -3.76. The molecule has 70 heavy (non-hydrogen) atoms. The molecule has 0 saturated heterocycles. The lowest BCUT2D eigenvalue weighted by Gasteiger charge is -2.29. The number of ketones is 3. The highest BCUT2D eigenvalue weighted by atomic mass is 32.2. The van der Waals surface area contributed by atoms with Crippen LogP contribution < -0.4 is 20.1 Å². The molecule has 0 aliphatic heterocycles. The van der Waals surface area contributed by atoms with E-state index >= 15 is 0 Å². The van der Waals surface area contributed by atoms with E-state index in [1.807, 2.05) is 67.6 Å². The Hall–Kier alpha value is -6.85. The maximum Gasteiger partial charge on any atom is 0.225 e. The fourth-order valence-corrected chi connectivity index (χ4v) is 9.82. The van der Waals surface area contributed by atoms with Crippen molar-refractivity contribution in [1.82, 2.24) is 5.32 Å². The summed E-state index contributed by atoms with van der Waals surface area (Å²) in [5.41, 5.74) is 4.12. The third-order valence-electron chi connectivity index (χ3n) is 13.6. The van der Waals surface area contributed by atoms with E-state index in [0.29, 0.717) is 34.1 Å². The summed E-state index contributed by atoms with van der Waals surface area (Å²) in [7, 11) is -3.76. The maximum atomic E-state index is 13.6. The quantitative estimate of drug-likeness (QED) is 0.0635. The van der Waals surface area contributed by atoms with Crippen LogP contribution in [0.15, 0.2) is 143 Å². The number of hydrogen-bond acceptors (Lipinski definition) is 9. The molecule has 6 rings (SSSR count). The molecule has 6 aromatic rings. The number of ether oxygens (including phenoxy) is 2. The zero-order valence-electron chi connectivity index (χ0n) is 42.1. The first-order valence-electron chi connectivity index (χ1n) is 24.0.